The first-order valence-electron chi connectivity index (χ1n) is 7.75. The van der Waals surface area contributed by atoms with E-state index >= 15 is 0 Å². The van der Waals surface area contributed by atoms with Crippen molar-refractivity contribution in [2.45, 2.75) is 13.3 Å². The Labute approximate surface area is 148 Å². The van der Waals surface area contributed by atoms with Crippen LogP contribution in [0.1, 0.15) is 18.1 Å². The summed E-state index contributed by atoms with van der Waals surface area (Å²) in [7, 11) is 2.99. The molecule has 0 aliphatic carbocycles. The fourth-order valence-corrected chi connectivity index (χ4v) is 2.21. The summed E-state index contributed by atoms with van der Waals surface area (Å²) >= 11 is 6.11. The highest BCUT2D eigenvalue weighted by atomic mass is 35.5. The Hall–Kier alpha value is -2.04. The van der Waals surface area contributed by atoms with Gasteiger partial charge in [0.25, 0.3) is 0 Å². The van der Waals surface area contributed by atoms with Gasteiger partial charge in [0, 0.05) is 11.6 Å². The van der Waals surface area contributed by atoms with Crippen LogP contribution in [0.3, 0.4) is 0 Å². The maximum Gasteiger partial charge on any atom is 0.309 e. The molecule has 0 amide bonds. The Bertz CT molecular complexity index is 621. The zero-order chi connectivity index (χ0) is 17.8. The van der Waals surface area contributed by atoms with E-state index in [1.165, 1.54) is 7.11 Å². The lowest BCUT2D eigenvalue weighted by molar-refractivity contribution is -0.139. The maximum absolute atomic E-state index is 11.4. The molecule has 0 spiro atoms. The first-order chi connectivity index (χ1) is 11.6. The van der Waals surface area contributed by atoms with Crippen LogP contribution >= 0.6 is 11.6 Å². The maximum atomic E-state index is 11.4. The highest BCUT2D eigenvalue weighted by Crippen LogP contribution is 2.18. The molecule has 0 bridgehead atoms. The molecule has 1 aromatic carbocycles. The molecular weight excluding hydrogens is 326 g/mol. The lowest BCUT2D eigenvalue weighted by atomic mass is 10.1. The molecule has 4 nitrogen and oxygen atoms in total. The van der Waals surface area contributed by atoms with Gasteiger partial charge in [-0.3, -0.25) is 4.79 Å². The minimum atomic E-state index is -0.296. The average molecular weight is 350 g/mol. The van der Waals surface area contributed by atoms with E-state index in [1.54, 1.807) is 13.2 Å². The van der Waals surface area contributed by atoms with Gasteiger partial charge in [0.05, 0.1) is 20.6 Å². The van der Waals surface area contributed by atoms with Gasteiger partial charge in [-0.15, -0.1) is 0 Å². The number of benzene rings is 1. The fraction of sp³-hybridized carbons (Fsp3) is 0.316. The van der Waals surface area contributed by atoms with Crippen molar-refractivity contribution >= 4 is 23.6 Å². The third-order valence-electron chi connectivity index (χ3n) is 3.14. The summed E-state index contributed by atoms with van der Waals surface area (Å²) < 4.78 is 10.00. The second-order valence-corrected chi connectivity index (χ2v) is 5.42. The van der Waals surface area contributed by atoms with Crippen molar-refractivity contribution in [3.8, 4) is 0 Å². The number of ether oxygens (including phenoxy) is 2. The van der Waals surface area contributed by atoms with Crippen LogP contribution in [0.4, 0.5) is 0 Å². The predicted octanol–water partition coefficient (Wildman–Crippen LogP) is 3.76. The summed E-state index contributed by atoms with van der Waals surface area (Å²) in [4.78, 5) is 11.4. The molecule has 0 saturated carbocycles. The zero-order valence-corrected chi connectivity index (χ0v) is 15.1. The molecule has 0 aliphatic rings. The Morgan fingerprint density at radius 2 is 2.04 bits per heavy atom. The molecule has 0 saturated heterocycles. The highest BCUT2D eigenvalue weighted by Gasteiger charge is 2.04. The van der Waals surface area contributed by atoms with Crippen molar-refractivity contribution in [3.63, 3.8) is 0 Å². The van der Waals surface area contributed by atoms with Gasteiger partial charge < -0.3 is 14.8 Å². The lowest BCUT2D eigenvalue weighted by Gasteiger charge is -2.04. The summed E-state index contributed by atoms with van der Waals surface area (Å²) in [5.41, 5.74) is 1.70. The molecular formula is C19H24ClNO3. The summed E-state index contributed by atoms with van der Waals surface area (Å²) in [6.45, 7) is 3.82. The molecule has 130 valence electrons. The lowest BCUT2D eigenvalue weighted by Crippen LogP contribution is -2.11. The molecule has 0 heterocycles. The molecule has 24 heavy (non-hydrogen) atoms. The molecule has 5 heteroatoms. The van der Waals surface area contributed by atoms with Crippen LogP contribution in [0.15, 0.2) is 48.3 Å². The van der Waals surface area contributed by atoms with E-state index in [0.717, 1.165) is 30.0 Å². The van der Waals surface area contributed by atoms with Crippen LogP contribution in [0.5, 0.6) is 0 Å². The van der Waals surface area contributed by atoms with Crippen molar-refractivity contribution in [1.82, 2.24) is 5.32 Å². The number of halogens is 1. The first-order valence-corrected chi connectivity index (χ1v) is 8.12. The predicted molar refractivity (Wildman–Crippen MR) is 99.0 cm³/mol. The summed E-state index contributed by atoms with van der Waals surface area (Å²) in [6.07, 6.45) is 9.77. The third kappa shape index (κ3) is 7.99. The quantitative estimate of drug-likeness (QED) is 0.319. The van der Waals surface area contributed by atoms with Crippen molar-refractivity contribution in [2.75, 3.05) is 27.3 Å². The Morgan fingerprint density at radius 1 is 1.25 bits per heavy atom. The number of hydrogen-bond donors (Lipinski definition) is 1. The van der Waals surface area contributed by atoms with Crippen molar-refractivity contribution in [2.24, 2.45) is 0 Å². The molecule has 0 radical (unpaired) electrons. The van der Waals surface area contributed by atoms with E-state index < -0.39 is 0 Å². The smallest absolute Gasteiger partial charge is 0.309 e. The van der Waals surface area contributed by atoms with E-state index in [0.29, 0.717) is 5.02 Å². The number of methoxy groups -OCH3 is 2. The van der Waals surface area contributed by atoms with Gasteiger partial charge in [-0.2, -0.15) is 0 Å². The number of rotatable bonds is 9. The number of hydrogen-bond acceptors (Lipinski definition) is 4. The first kappa shape index (κ1) is 20.0. The summed E-state index contributed by atoms with van der Waals surface area (Å²) in [5, 5.41) is 3.78. The number of allylic oxidation sites excluding steroid dienone is 3. The topological polar surface area (TPSA) is 47.6 Å². The van der Waals surface area contributed by atoms with Gasteiger partial charge in [0.1, 0.15) is 5.76 Å². The van der Waals surface area contributed by atoms with Crippen molar-refractivity contribution < 1.29 is 14.3 Å². The monoisotopic (exact) mass is 349 g/mol. The standard InChI is InChI=1S/C19H24ClNO3/c1-4-21-10-6-5-7-18(23-2)9-8-15-11-16(13-17(20)12-15)14-19(22)24-3/h5-9,11-13,21H,4,10,14H2,1-3H3/b6-5+,9-8+,18-7+. The van der Waals surface area contributed by atoms with Crippen LogP contribution in [-0.2, 0) is 20.7 Å². The largest absolute Gasteiger partial charge is 0.497 e. The highest BCUT2D eigenvalue weighted by molar-refractivity contribution is 6.30. The minimum Gasteiger partial charge on any atom is -0.497 e. The van der Waals surface area contributed by atoms with Crippen LogP contribution < -0.4 is 5.32 Å². The van der Waals surface area contributed by atoms with Crippen molar-refractivity contribution in [3.05, 3.63) is 64.4 Å². The second kappa shape index (κ2) is 11.5. The molecule has 0 fully saturated rings. The van der Waals surface area contributed by atoms with E-state index in [4.69, 9.17) is 16.3 Å². The number of carbonyl (C=O) groups excluding carboxylic acids is 1. The van der Waals surface area contributed by atoms with Gasteiger partial charge in [0.15, 0.2) is 0 Å². The molecule has 0 aromatic heterocycles. The van der Waals surface area contributed by atoms with Gasteiger partial charge in [-0.05, 0) is 42.0 Å². The molecule has 0 aliphatic heterocycles. The van der Waals surface area contributed by atoms with E-state index in [1.807, 2.05) is 42.5 Å². The summed E-state index contributed by atoms with van der Waals surface area (Å²) in [6, 6.07) is 5.48. The van der Waals surface area contributed by atoms with E-state index in [-0.39, 0.29) is 12.4 Å². The molecule has 0 atom stereocenters. The van der Waals surface area contributed by atoms with Crippen LogP contribution in [0.25, 0.3) is 6.08 Å². The van der Waals surface area contributed by atoms with Gasteiger partial charge in [0.2, 0.25) is 0 Å². The minimum absolute atomic E-state index is 0.193. The normalized spacial score (nSPS) is 12.1. The molecule has 1 N–H and O–H groups in total. The summed E-state index contributed by atoms with van der Waals surface area (Å²) in [5.74, 6) is 0.424. The van der Waals surface area contributed by atoms with Gasteiger partial charge in [-0.1, -0.05) is 42.8 Å². The fourth-order valence-electron chi connectivity index (χ4n) is 1.94. The van der Waals surface area contributed by atoms with E-state index in [2.05, 4.69) is 17.0 Å². The molecule has 1 rings (SSSR count). The van der Waals surface area contributed by atoms with E-state index in [9.17, 15) is 4.79 Å². The van der Waals surface area contributed by atoms with Crippen LogP contribution in [-0.4, -0.2) is 33.3 Å². The second-order valence-electron chi connectivity index (χ2n) is 4.99. The number of esters is 1. The van der Waals surface area contributed by atoms with Crippen molar-refractivity contribution in [1.29, 1.82) is 0 Å². The third-order valence-corrected chi connectivity index (χ3v) is 3.36. The van der Waals surface area contributed by atoms with Gasteiger partial charge in [-0.25, -0.2) is 0 Å². The number of carbonyl (C=O) groups is 1. The van der Waals surface area contributed by atoms with Crippen LogP contribution in [0.2, 0.25) is 5.02 Å². The average Bonchev–Trinajstić information content (AvgIpc) is 2.56. The Balaban J connectivity index is 2.81. The Morgan fingerprint density at radius 3 is 2.71 bits per heavy atom. The van der Waals surface area contributed by atoms with Crippen LogP contribution in [0, 0.1) is 0 Å². The number of nitrogens with one attached hydrogen (secondary N) is 1. The SMILES string of the molecule is CCNC/C=C/C=C(\C=C\c1cc(Cl)cc(CC(=O)OC)c1)OC. The number of likely N-dealkylation sites (N-methyl/N-ethyl adjacent to an activating group) is 1. The van der Waals surface area contributed by atoms with Gasteiger partial charge >= 0.3 is 5.97 Å². The Kier molecular flexibility index (Phi) is 9.58. The molecule has 1 aromatic rings. The molecule has 0 unspecified atom stereocenters. The zero-order valence-electron chi connectivity index (χ0n) is 14.3.